The predicted molar refractivity (Wildman–Crippen MR) is 61.8 cm³/mol. The van der Waals surface area contributed by atoms with Crippen LogP contribution in [0.15, 0.2) is 24.9 Å². The highest BCUT2D eigenvalue weighted by Crippen LogP contribution is 1.98. The van der Waals surface area contributed by atoms with E-state index < -0.39 is 0 Å². The molecule has 2 rings (SSSR count). The van der Waals surface area contributed by atoms with Gasteiger partial charge in [0.1, 0.15) is 0 Å². The minimum absolute atomic E-state index is 0.858. The fraction of sp³-hybridized carbons (Fsp3) is 0.455. The largest absolute Gasteiger partial charge is 0.337 e. The lowest BCUT2D eigenvalue weighted by molar-refractivity contribution is 0.652. The number of aromatic nitrogens is 4. The van der Waals surface area contributed by atoms with E-state index in [-0.39, 0.29) is 0 Å². The first-order chi connectivity index (χ1) is 7.75. The molecule has 5 nitrogen and oxygen atoms in total. The van der Waals surface area contributed by atoms with Crippen LogP contribution in [0.3, 0.4) is 0 Å². The number of hydrogen-bond donors (Lipinski definition) is 1. The Bertz CT molecular complexity index is 443. The highest BCUT2D eigenvalue weighted by Gasteiger charge is 1.98. The lowest BCUT2D eigenvalue weighted by Gasteiger charge is -2.04. The van der Waals surface area contributed by atoms with E-state index in [0.29, 0.717) is 0 Å². The van der Waals surface area contributed by atoms with Gasteiger partial charge < -0.3 is 9.88 Å². The van der Waals surface area contributed by atoms with Crippen molar-refractivity contribution in [1.29, 1.82) is 0 Å². The fourth-order valence-electron chi connectivity index (χ4n) is 1.61. The van der Waals surface area contributed by atoms with Crippen molar-refractivity contribution in [3.63, 3.8) is 0 Å². The molecule has 2 heterocycles. The number of imidazole rings is 1. The summed E-state index contributed by atoms with van der Waals surface area (Å²) in [6.07, 6.45) is 8.67. The first-order valence-electron chi connectivity index (χ1n) is 5.39. The second-order valence-corrected chi connectivity index (χ2v) is 3.94. The van der Waals surface area contributed by atoms with Crippen LogP contribution < -0.4 is 5.32 Å². The lowest BCUT2D eigenvalue weighted by atomic mass is 10.2. The van der Waals surface area contributed by atoms with E-state index in [1.807, 2.05) is 48.3 Å². The summed E-state index contributed by atoms with van der Waals surface area (Å²) < 4.78 is 3.85. The molecule has 0 unspecified atom stereocenters. The SMILES string of the molecule is Cn1cc(CCNCc2cncn2C)cn1. The third-order valence-corrected chi connectivity index (χ3v) is 2.57. The predicted octanol–water partition coefficient (Wildman–Crippen LogP) is 0.486. The lowest BCUT2D eigenvalue weighted by Crippen LogP contribution is -2.18. The van der Waals surface area contributed by atoms with Gasteiger partial charge in [0.25, 0.3) is 0 Å². The average Bonchev–Trinajstić information content (AvgIpc) is 2.83. The number of nitrogens with one attached hydrogen (secondary N) is 1. The van der Waals surface area contributed by atoms with Crippen molar-refractivity contribution in [2.45, 2.75) is 13.0 Å². The molecule has 16 heavy (non-hydrogen) atoms. The van der Waals surface area contributed by atoms with Crippen molar-refractivity contribution in [1.82, 2.24) is 24.6 Å². The Morgan fingerprint density at radius 3 is 2.81 bits per heavy atom. The summed E-state index contributed by atoms with van der Waals surface area (Å²) in [4.78, 5) is 4.07. The third kappa shape index (κ3) is 2.70. The van der Waals surface area contributed by atoms with E-state index in [1.165, 1.54) is 11.3 Å². The molecular formula is C11H17N5. The molecule has 0 fully saturated rings. The molecule has 0 atom stereocenters. The molecule has 1 N–H and O–H groups in total. The van der Waals surface area contributed by atoms with Gasteiger partial charge in [-0.15, -0.1) is 0 Å². The summed E-state index contributed by atoms with van der Waals surface area (Å²) in [6, 6.07) is 0. The maximum absolute atomic E-state index is 4.13. The molecule has 0 aliphatic heterocycles. The van der Waals surface area contributed by atoms with Gasteiger partial charge in [-0.3, -0.25) is 4.68 Å². The van der Waals surface area contributed by atoms with E-state index in [0.717, 1.165) is 19.5 Å². The van der Waals surface area contributed by atoms with Crippen LogP contribution in [0.25, 0.3) is 0 Å². The first kappa shape index (κ1) is 10.9. The molecule has 0 radical (unpaired) electrons. The molecule has 0 bridgehead atoms. The van der Waals surface area contributed by atoms with Gasteiger partial charge in [0, 0.05) is 33.0 Å². The minimum atomic E-state index is 0.858. The van der Waals surface area contributed by atoms with Gasteiger partial charge in [-0.2, -0.15) is 5.10 Å². The van der Waals surface area contributed by atoms with Crippen LogP contribution in [-0.2, 0) is 27.1 Å². The molecule has 0 aliphatic carbocycles. The molecule has 2 aromatic heterocycles. The number of rotatable bonds is 5. The van der Waals surface area contributed by atoms with Crippen molar-refractivity contribution in [2.75, 3.05) is 6.54 Å². The third-order valence-electron chi connectivity index (χ3n) is 2.57. The van der Waals surface area contributed by atoms with Crippen LogP contribution in [0.5, 0.6) is 0 Å². The summed E-state index contributed by atoms with van der Waals surface area (Å²) in [5, 5.41) is 7.52. The van der Waals surface area contributed by atoms with E-state index in [2.05, 4.69) is 15.4 Å². The van der Waals surface area contributed by atoms with Crippen LogP contribution in [0, 0.1) is 0 Å². The summed E-state index contributed by atoms with van der Waals surface area (Å²) in [5.74, 6) is 0. The monoisotopic (exact) mass is 219 g/mol. The summed E-state index contributed by atoms with van der Waals surface area (Å²) >= 11 is 0. The maximum atomic E-state index is 4.13. The standard InChI is InChI=1S/C11H17N5/c1-15-9-13-7-11(15)6-12-4-3-10-5-14-16(2)8-10/h5,7-9,12H,3-4,6H2,1-2H3. The zero-order valence-corrected chi connectivity index (χ0v) is 9.72. The fourth-order valence-corrected chi connectivity index (χ4v) is 1.61. The molecule has 86 valence electrons. The second kappa shape index (κ2) is 4.94. The second-order valence-electron chi connectivity index (χ2n) is 3.94. The zero-order chi connectivity index (χ0) is 11.4. The molecule has 0 spiro atoms. The number of hydrogen-bond acceptors (Lipinski definition) is 3. The molecule has 5 heteroatoms. The smallest absolute Gasteiger partial charge is 0.0945 e. The van der Waals surface area contributed by atoms with Crippen molar-refractivity contribution < 1.29 is 0 Å². The Hall–Kier alpha value is -1.62. The number of aryl methyl sites for hydroxylation is 2. The average molecular weight is 219 g/mol. The minimum Gasteiger partial charge on any atom is -0.337 e. The van der Waals surface area contributed by atoms with E-state index in [4.69, 9.17) is 0 Å². The van der Waals surface area contributed by atoms with E-state index in [1.54, 1.807) is 0 Å². The van der Waals surface area contributed by atoms with Gasteiger partial charge in [-0.25, -0.2) is 4.98 Å². The van der Waals surface area contributed by atoms with Crippen LogP contribution in [-0.4, -0.2) is 25.9 Å². The van der Waals surface area contributed by atoms with Gasteiger partial charge in [0.2, 0.25) is 0 Å². The Kier molecular flexibility index (Phi) is 3.36. The Morgan fingerprint density at radius 2 is 2.19 bits per heavy atom. The molecule has 0 saturated heterocycles. The van der Waals surface area contributed by atoms with Crippen molar-refractivity contribution >= 4 is 0 Å². The molecular weight excluding hydrogens is 202 g/mol. The Balaban J connectivity index is 1.71. The summed E-state index contributed by atoms with van der Waals surface area (Å²) in [6.45, 7) is 1.81. The molecule has 0 aliphatic rings. The summed E-state index contributed by atoms with van der Waals surface area (Å²) in [5.41, 5.74) is 2.46. The van der Waals surface area contributed by atoms with Crippen molar-refractivity contribution in [3.05, 3.63) is 36.2 Å². The van der Waals surface area contributed by atoms with Crippen LogP contribution >= 0.6 is 0 Å². The first-order valence-corrected chi connectivity index (χ1v) is 5.39. The van der Waals surface area contributed by atoms with E-state index in [9.17, 15) is 0 Å². The van der Waals surface area contributed by atoms with Crippen LogP contribution in [0.1, 0.15) is 11.3 Å². The van der Waals surface area contributed by atoms with Crippen LogP contribution in [0.4, 0.5) is 0 Å². The normalized spacial score (nSPS) is 10.9. The quantitative estimate of drug-likeness (QED) is 0.744. The highest BCUT2D eigenvalue weighted by atomic mass is 15.2. The topological polar surface area (TPSA) is 47.7 Å². The maximum Gasteiger partial charge on any atom is 0.0945 e. The zero-order valence-electron chi connectivity index (χ0n) is 9.72. The van der Waals surface area contributed by atoms with Gasteiger partial charge in [0.15, 0.2) is 0 Å². The van der Waals surface area contributed by atoms with Gasteiger partial charge in [0.05, 0.1) is 18.2 Å². The Labute approximate surface area is 95.1 Å². The van der Waals surface area contributed by atoms with Gasteiger partial charge in [-0.05, 0) is 18.5 Å². The molecule has 2 aromatic rings. The number of nitrogens with zero attached hydrogens (tertiary/aromatic N) is 4. The van der Waals surface area contributed by atoms with Crippen molar-refractivity contribution in [3.8, 4) is 0 Å². The van der Waals surface area contributed by atoms with Crippen molar-refractivity contribution in [2.24, 2.45) is 14.1 Å². The van der Waals surface area contributed by atoms with Gasteiger partial charge in [-0.1, -0.05) is 0 Å². The van der Waals surface area contributed by atoms with E-state index >= 15 is 0 Å². The molecule has 0 saturated carbocycles. The van der Waals surface area contributed by atoms with Crippen LogP contribution in [0.2, 0.25) is 0 Å². The highest BCUT2D eigenvalue weighted by molar-refractivity contribution is 5.04. The molecule has 0 amide bonds. The molecule has 0 aromatic carbocycles. The Morgan fingerprint density at radius 1 is 1.31 bits per heavy atom. The summed E-state index contributed by atoms with van der Waals surface area (Å²) in [7, 11) is 3.94. The van der Waals surface area contributed by atoms with Gasteiger partial charge >= 0.3 is 0 Å².